The molecule has 1 aliphatic heterocycles. The van der Waals surface area contributed by atoms with Crippen molar-refractivity contribution in [2.24, 2.45) is 0 Å². The molecule has 1 amide bonds. The van der Waals surface area contributed by atoms with Gasteiger partial charge in [-0.25, -0.2) is 4.98 Å². The smallest absolute Gasteiger partial charge is 0.254 e. The Bertz CT molecular complexity index is 849. The number of hydrogen-bond acceptors (Lipinski definition) is 3. The Morgan fingerprint density at radius 3 is 3.09 bits per heavy atom. The lowest BCUT2D eigenvalue weighted by molar-refractivity contribution is 0.0605. The van der Waals surface area contributed by atoms with Gasteiger partial charge in [0.2, 0.25) is 0 Å². The Morgan fingerprint density at radius 2 is 2.26 bits per heavy atom. The highest BCUT2D eigenvalue weighted by molar-refractivity contribution is 5.97. The Balaban J connectivity index is 1.68. The summed E-state index contributed by atoms with van der Waals surface area (Å²) in [7, 11) is 0. The Kier molecular flexibility index (Phi) is 3.37. The van der Waals surface area contributed by atoms with E-state index in [2.05, 4.69) is 20.2 Å². The second-order valence-corrected chi connectivity index (χ2v) is 6.11. The van der Waals surface area contributed by atoms with Crippen LogP contribution in [0, 0.1) is 6.92 Å². The monoisotopic (exact) mass is 309 g/mol. The van der Waals surface area contributed by atoms with Gasteiger partial charge in [0.05, 0.1) is 35.3 Å². The number of aromatic amines is 2. The van der Waals surface area contributed by atoms with Crippen LogP contribution in [0.25, 0.3) is 11.0 Å². The minimum absolute atomic E-state index is 0.0696. The normalized spacial score (nSPS) is 18.5. The van der Waals surface area contributed by atoms with Crippen molar-refractivity contribution in [3.63, 3.8) is 0 Å². The summed E-state index contributed by atoms with van der Waals surface area (Å²) in [5.41, 5.74) is 4.63. The van der Waals surface area contributed by atoms with Gasteiger partial charge >= 0.3 is 0 Å². The van der Waals surface area contributed by atoms with Gasteiger partial charge in [0.25, 0.3) is 5.91 Å². The third-order valence-electron chi connectivity index (χ3n) is 4.63. The summed E-state index contributed by atoms with van der Waals surface area (Å²) < 4.78 is 0. The predicted octanol–water partition coefficient (Wildman–Crippen LogP) is 2.96. The highest BCUT2D eigenvalue weighted by atomic mass is 16.2. The standard InChI is InChI=1S/C17H19N5O/c1-11-9-20-21-16(11)15-4-2-3-7-22(15)17(23)12-5-6-13-14(8-12)19-10-18-13/h5-6,8-10,15H,2-4,7H2,1H3,(H,18,19)(H,20,21). The molecule has 2 N–H and O–H groups in total. The van der Waals surface area contributed by atoms with Crippen molar-refractivity contribution in [2.75, 3.05) is 6.54 Å². The number of fused-ring (bicyclic) bond motifs is 1. The number of likely N-dealkylation sites (tertiary alicyclic amines) is 1. The van der Waals surface area contributed by atoms with E-state index in [9.17, 15) is 4.79 Å². The van der Waals surface area contributed by atoms with Gasteiger partial charge in [0.1, 0.15) is 0 Å². The maximum atomic E-state index is 13.0. The van der Waals surface area contributed by atoms with E-state index < -0.39 is 0 Å². The molecule has 1 aromatic carbocycles. The number of rotatable bonds is 2. The molecule has 1 aliphatic rings. The number of carbonyl (C=O) groups is 1. The number of hydrogen-bond donors (Lipinski definition) is 2. The first kappa shape index (κ1) is 14.0. The first-order chi connectivity index (χ1) is 11.2. The minimum atomic E-state index is 0.0696. The summed E-state index contributed by atoms with van der Waals surface area (Å²) in [6.45, 7) is 2.82. The van der Waals surface area contributed by atoms with Gasteiger partial charge in [0.15, 0.2) is 0 Å². The molecule has 1 saturated heterocycles. The molecule has 1 atom stereocenters. The van der Waals surface area contributed by atoms with Crippen molar-refractivity contribution in [3.05, 3.63) is 47.5 Å². The van der Waals surface area contributed by atoms with Gasteiger partial charge < -0.3 is 9.88 Å². The van der Waals surface area contributed by atoms with Crippen LogP contribution in [-0.4, -0.2) is 37.5 Å². The Morgan fingerprint density at radius 1 is 1.35 bits per heavy atom. The number of imidazole rings is 1. The van der Waals surface area contributed by atoms with Crippen molar-refractivity contribution < 1.29 is 4.79 Å². The third kappa shape index (κ3) is 2.40. The molecule has 2 aromatic heterocycles. The molecule has 1 unspecified atom stereocenters. The molecular formula is C17H19N5O. The number of carbonyl (C=O) groups excluding carboxylic acids is 1. The summed E-state index contributed by atoms with van der Waals surface area (Å²) in [5, 5.41) is 7.20. The molecule has 23 heavy (non-hydrogen) atoms. The maximum Gasteiger partial charge on any atom is 0.254 e. The zero-order chi connectivity index (χ0) is 15.8. The zero-order valence-electron chi connectivity index (χ0n) is 13.0. The fraction of sp³-hybridized carbons (Fsp3) is 0.353. The van der Waals surface area contributed by atoms with Crippen LogP contribution in [-0.2, 0) is 0 Å². The highest BCUT2D eigenvalue weighted by Crippen LogP contribution is 2.32. The number of amides is 1. The van der Waals surface area contributed by atoms with Crippen LogP contribution in [0.2, 0.25) is 0 Å². The molecule has 0 aliphatic carbocycles. The zero-order valence-corrected chi connectivity index (χ0v) is 13.0. The second-order valence-electron chi connectivity index (χ2n) is 6.11. The van der Waals surface area contributed by atoms with Crippen LogP contribution in [0.5, 0.6) is 0 Å². The number of aryl methyl sites for hydroxylation is 1. The summed E-state index contributed by atoms with van der Waals surface area (Å²) in [5.74, 6) is 0.0696. The van der Waals surface area contributed by atoms with E-state index in [0.717, 1.165) is 48.1 Å². The van der Waals surface area contributed by atoms with Crippen molar-refractivity contribution in [3.8, 4) is 0 Å². The molecule has 0 spiro atoms. The summed E-state index contributed by atoms with van der Waals surface area (Å²) in [4.78, 5) is 22.3. The third-order valence-corrected chi connectivity index (χ3v) is 4.63. The van der Waals surface area contributed by atoms with Gasteiger partial charge in [-0.3, -0.25) is 9.89 Å². The highest BCUT2D eigenvalue weighted by Gasteiger charge is 2.30. The van der Waals surface area contributed by atoms with Gasteiger partial charge in [-0.1, -0.05) is 0 Å². The Labute approximate surface area is 133 Å². The molecular weight excluding hydrogens is 290 g/mol. The largest absolute Gasteiger partial charge is 0.345 e. The summed E-state index contributed by atoms with van der Waals surface area (Å²) in [6.07, 6.45) is 6.62. The average molecular weight is 309 g/mol. The lowest BCUT2D eigenvalue weighted by atomic mass is 9.96. The van der Waals surface area contributed by atoms with Crippen molar-refractivity contribution in [1.29, 1.82) is 0 Å². The average Bonchev–Trinajstić information content (AvgIpc) is 3.22. The molecule has 0 saturated carbocycles. The molecule has 6 nitrogen and oxygen atoms in total. The van der Waals surface area contributed by atoms with E-state index in [0.29, 0.717) is 5.56 Å². The van der Waals surface area contributed by atoms with Gasteiger partial charge in [-0.05, 0) is 49.9 Å². The van der Waals surface area contributed by atoms with E-state index in [1.165, 1.54) is 0 Å². The van der Waals surface area contributed by atoms with Crippen LogP contribution in [0.3, 0.4) is 0 Å². The fourth-order valence-corrected chi connectivity index (χ4v) is 3.40. The first-order valence-corrected chi connectivity index (χ1v) is 7.98. The number of aromatic nitrogens is 4. The second kappa shape index (κ2) is 5.53. The van der Waals surface area contributed by atoms with Crippen LogP contribution >= 0.6 is 0 Å². The Hall–Kier alpha value is -2.63. The SMILES string of the molecule is Cc1cn[nH]c1C1CCCCN1C(=O)c1ccc2nc[nH]c2c1. The molecule has 3 aromatic rings. The van der Waals surface area contributed by atoms with Crippen molar-refractivity contribution in [2.45, 2.75) is 32.2 Å². The molecule has 0 bridgehead atoms. The van der Waals surface area contributed by atoms with Crippen LogP contribution in [0.15, 0.2) is 30.7 Å². The fourth-order valence-electron chi connectivity index (χ4n) is 3.40. The molecule has 118 valence electrons. The van der Waals surface area contributed by atoms with Gasteiger partial charge in [0, 0.05) is 12.1 Å². The quantitative estimate of drug-likeness (QED) is 0.764. The van der Waals surface area contributed by atoms with Crippen LogP contribution in [0.4, 0.5) is 0 Å². The van der Waals surface area contributed by atoms with E-state index in [1.807, 2.05) is 36.2 Å². The number of nitrogens with zero attached hydrogens (tertiary/aromatic N) is 3. The minimum Gasteiger partial charge on any atom is -0.345 e. The van der Waals surface area contributed by atoms with Gasteiger partial charge in [-0.2, -0.15) is 5.10 Å². The molecule has 4 rings (SSSR count). The van der Waals surface area contributed by atoms with E-state index in [1.54, 1.807) is 6.33 Å². The number of H-pyrrole nitrogens is 2. The van der Waals surface area contributed by atoms with Crippen LogP contribution in [0.1, 0.15) is 46.9 Å². The molecule has 3 heterocycles. The maximum absolute atomic E-state index is 13.0. The molecule has 1 fully saturated rings. The topological polar surface area (TPSA) is 77.7 Å². The first-order valence-electron chi connectivity index (χ1n) is 7.98. The van der Waals surface area contributed by atoms with Gasteiger partial charge in [-0.15, -0.1) is 0 Å². The van der Waals surface area contributed by atoms with Crippen LogP contribution < -0.4 is 0 Å². The lowest BCUT2D eigenvalue weighted by Crippen LogP contribution is -2.39. The number of nitrogens with one attached hydrogen (secondary N) is 2. The van der Waals surface area contributed by atoms with E-state index in [4.69, 9.17) is 0 Å². The van der Waals surface area contributed by atoms with Crippen molar-refractivity contribution >= 4 is 16.9 Å². The number of benzene rings is 1. The van der Waals surface area contributed by atoms with E-state index in [-0.39, 0.29) is 11.9 Å². The summed E-state index contributed by atoms with van der Waals surface area (Å²) >= 11 is 0. The number of piperidine rings is 1. The van der Waals surface area contributed by atoms with E-state index >= 15 is 0 Å². The molecule has 6 heteroatoms. The van der Waals surface area contributed by atoms with Crippen molar-refractivity contribution in [1.82, 2.24) is 25.1 Å². The molecule has 0 radical (unpaired) electrons. The predicted molar refractivity (Wildman–Crippen MR) is 87.0 cm³/mol. The summed E-state index contributed by atoms with van der Waals surface area (Å²) in [6, 6.07) is 5.71. The lowest BCUT2D eigenvalue weighted by Gasteiger charge is -2.35.